The first-order valence-corrected chi connectivity index (χ1v) is 8.65. The molecule has 1 N–H and O–H groups in total. The first kappa shape index (κ1) is 13.8. The lowest BCUT2D eigenvalue weighted by Gasteiger charge is -2.51. The molecule has 0 aliphatic heterocycles. The summed E-state index contributed by atoms with van der Waals surface area (Å²) in [5, 5.41) is 10.5. The van der Waals surface area contributed by atoms with E-state index in [4.69, 9.17) is 0 Å². The van der Waals surface area contributed by atoms with Gasteiger partial charge in [-0.05, 0) is 78.9 Å². The van der Waals surface area contributed by atoms with Gasteiger partial charge >= 0.3 is 0 Å². The van der Waals surface area contributed by atoms with E-state index in [0.29, 0.717) is 30.0 Å². The Bertz CT molecular complexity index is 556. The van der Waals surface area contributed by atoms with E-state index in [9.17, 15) is 9.90 Å². The average Bonchev–Trinajstić information content (AvgIpc) is 2.74. The van der Waals surface area contributed by atoms with Crippen LogP contribution in [-0.2, 0) is 4.79 Å². The molecule has 2 fully saturated rings. The first-order valence-electron chi connectivity index (χ1n) is 8.65. The summed E-state index contributed by atoms with van der Waals surface area (Å²) in [6.45, 7) is 4.67. The van der Waals surface area contributed by atoms with E-state index in [-0.39, 0.29) is 11.5 Å². The van der Waals surface area contributed by atoms with E-state index in [1.165, 1.54) is 24.0 Å². The van der Waals surface area contributed by atoms with Crippen molar-refractivity contribution in [3.8, 4) is 0 Å². The summed E-state index contributed by atoms with van der Waals surface area (Å²) < 4.78 is 0. The highest BCUT2D eigenvalue weighted by atomic mass is 16.3. The smallest absolute Gasteiger partial charge is 0.156 e. The molecule has 0 heterocycles. The average molecular weight is 286 g/mol. The Balaban J connectivity index is 1.80. The molecular formula is C19H26O2. The molecule has 0 aromatic rings. The number of hydrogen-bond donors (Lipinski definition) is 1. The number of rotatable bonds is 0. The molecule has 0 bridgehead atoms. The standard InChI is InChI=1S/C19H26O2/c1-11-10-19(2)16(7-8-17(19)21)15-5-3-12-9-13(20)4-6-14(12)18(11)15/h9,11,15-17,21H,3-8,10H2,1-2H3/t11-,15-,16-,17-,19-/m0/s1. The fourth-order valence-corrected chi connectivity index (χ4v) is 6.05. The summed E-state index contributed by atoms with van der Waals surface area (Å²) in [6, 6.07) is 0. The Morgan fingerprint density at radius 3 is 2.81 bits per heavy atom. The molecule has 4 aliphatic rings. The molecule has 0 radical (unpaired) electrons. The number of ketones is 1. The molecule has 4 aliphatic carbocycles. The van der Waals surface area contributed by atoms with Crippen molar-refractivity contribution in [2.45, 2.75) is 64.9 Å². The Labute approximate surface area is 127 Å². The third-order valence-electron chi connectivity index (χ3n) is 6.94. The molecule has 0 amide bonds. The van der Waals surface area contributed by atoms with Crippen LogP contribution < -0.4 is 0 Å². The van der Waals surface area contributed by atoms with Gasteiger partial charge in [0.25, 0.3) is 0 Å². The maximum atomic E-state index is 11.7. The topological polar surface area (TPSA) is 37.3 Å². The van der Waals surface area contributed by atoms with Crippen LogP contribution in [0.25, 0.3) is 0 Å². The van der Waals surface area contributed by atoms with E-state index in [2.05, 4.69) is 13.8 Å². The van der Waals surface area contributed by atoms with E-state index in [0.717, 1.165) is 25.7 Å². The van der Waals surface area contributed by atoms with Crippen molar-refractivity contribution < 1.29 is 9.90 Å². The minimum atomic E-state index is -0.110. The highest BCUT2D eigenvalue weighted by Gasteiger charge is 2.55. The maximum Gasteiger partial charge on any atom is 0.156 e. The molecule has 2 saturated carbocycles. The molecule has 5 atom stereocenters. The molecule has 0 spiro atoms. The van der Waals surface area contributed by atoms with Crippen LogP contribution in [0.1, 0.15) is 58.8 Å². The van der Waals surface area contributed by atoms with Crippen LogP contribution in [0.5, 0.6) is 0 Å². The van der Waals surface area contributed by atoms with Crippen LogP contribution in [0.2, 0.25) is 0 Å². The number of allylic oxidation sites excluding steroid dienone is 4. The van der Waals surface area contributed by atoms with E-state index >= 15 is 0 Å². The summed E-state index contributed by atoms with van der Waals surface area (Å²) in [5.74, 6) is 2.20. The maximum absolute atomic E-state index is 11.7. The third kappa shape index (κ3) is 1.84. The highest BCUT2D eigenvalue weighted by Crippen LogP contribution is 2.61. The lowest BCUT2D eigenvalue weighted by atomic mass is 9.54. The van der Waals surface area contributed by atoms with Crippen molar-refractivity contribution >= 4 is 5.78 Å². The minimum Gasteiger partial charge on any atom is -0.393 e. The van der Waals surface area contributed by atoms with Crippen LogP contribution in [0.15, 0.2) is 22.8 Å². The van der Waals surface area contributed by atoms with Crippen molar-refractivity contribution in [3.63, 3.8) is 0 Å². The third-order valence-corrected chi connectivity index (χ3v) is 6.94. The predicted molar refractivity (Wildman–Crippen MR) is 82.7 cm³/mol. The van der Waals surface area contributed by atoms with Gasteiger partial charge in [0, 0.05) is 6.42 Å². The van der Waals surface area contributed by atoms with Gasteiger partial charge in [-0.3, -0.25) is 4.79 Å². The zero-order chi connectivity index (χ0) is 14.8. The molecule has 2 heteroatoms. The van der Waals surface area contributed by atoms with Crippen LogP contribution >= 0.6 is 0 Å². The molecule has 21 heavy (non-hydrogen) atoms. The number of fused-ring (bicyclic) bond motifs is 4. The lowest BCUT2D eigenvalue weighted by Crippen LogP contribution is -2.45. The fourth-order valence-electron chi connectivity index (χ4n) is 6.05. The number of carbonyl (C=O) groups excluding carboxylic acids is 1. The van der Waals surface area contributed by atoms with Crippen molar-refractivity contribution in [1.82, 2.24) is 0 Å². The Morgan fingerprint density at radius 1 is 1.19 bits per heavy atom. The van der Waals surface area contributed by atoms with Gasteiger partial charge in [-0.15, -0.1) is 0 Å². The van der Waals surface area contributed by atoms with E-state index in [1.54, 1.807) is 5.57 Å². The second kappa shape index (κ2) is 4.55. The van der Waals surface area contributed by atoms with Crippen LogP contribution in [-0.4, -0.2) is 17.0 Å². The minimum absolute atomic E-state index is 0.110. The Kier molecular flexibility index (Phi) is 2.98. The monoisotopic (exact) mass is 286 g/mol. The predicted octanol–water partition coefficient (Wildman–Crippen LogP) is 3.80. The van der Waals surface area contributed by atoms with Gasteiger partial charge < -0.3 is 5.11 Å². The number of aliphatic hydroxyl groups is 1. The molecule has 2 nitrogen and oxygen atoms in total. The molecule has 0 unspecified atom stereocenters. The van der Waals surface area contributed by atoms with Crippen molar-refractivity contribution in [2.75, 3.05) is 0 Å². The summed E-state index contributed by atoms with van der Waals surface area (Å²) in [7, 11) is 0. The van der Waals surface area contributed by atoms with E-state index in [1.807, 2.05) is 6.08 Å². The van der Waals surface area contributed by atoms with Gasteiger partial charge in [-0.25, -0.2) is 0 Å². The quantitative estimate of drug-likeness (QED) is 0.735. The highest BCUT2D eigenvalue weighted by molar-refractivity contribution is 5.93. The Morgan fingerprint density at radius 2 is 2.00 bits per heavy atom. The van der Waals surface area contributed by atoms with Gasteiger partial charge in [0.2, 0.25) is 0 Å². The molecule has 0 saturated heterocycles. The summed E-state index contributed by atoms with van der Waals surface area (Å²) in [6.07, 6.45) is 9.03. The number of hydrogen-bond acceptors (Lipinski definition) is 2. The molecular weight excluding hydrogens is 260 g/mol. The molecule has 4 rings (SSSR count). The summed E-state index contributed by atoms with van der Waals surface area (Å²) in [4.78, 5) is 11.7. The van der Waals surface area contributed by atoms with Gasteiger partial charge in [0.05, 0.1) is 6.10 Å². The van der Waals surface area contributed by atoms with Crippen molar-refractivity contribution in [2.24, 2.45) is 23.2 Å². The SMILES string of the molecule is C[C@H]1C[C@]2(C)[C@@H](O)CC[C@H]2[C@@H]2CCC3=CC(=O)CCC3=C21. The van der Waals surface area contributed by atoms with Gasteiger partial charge in [-0.1, -0.05) is 19.4 Å². The largest absolute Gasteiger partial charge is 0.393 e. The molecule has 114 valence electrons. The summed E-state index contributed by atoms with van der Waals surface area (Å²) in [5.41, 5.74) is 4.66. The second-order valence-corrected chi connectivity index (χ2v) is 8.03. The second-order valence-electron chi connectivity index (χ2n) is 8.03. The first-order chi connectivity index (χ1) is 10.0. The Hall–Kier alpha value is -0.890. The van der Waals surface area contributed by atoms with Crippen molar-refractivity contribution in [1.29, 1.82) is 0 Å². The van der Waals surface area contributed by atoms with Crippen molar-refractivity contribution in [3.05, 3.63) is 22.8 Å². The molecule has 0 aromatic carbocycles. The molecule has 0 aromatic heterocycles. The number of aliphatic hydroxyl groups excluding tert-OH is 1. The van der Waals surface area contributed by atoms with E-state index < -0.39 is 0 Å². The zero-order valence-electron chi connectivity index (χ0n) is 13.2. The van der Waals surface area contributed by atoms with Crippen LogP contribution in [0.3, 0.4) is 0 Å². The lowest BCUT2D eigenvalue weighted by molar-refractivity contribution is -0.114. The van der Waals surface area contributed by atoms with Crippen LogP contribution in [0.4, 0.5) is 0 Å². The fraction of sp³-hybridized carbons (Fsp3) is 0.737. The number of carbonyl (C=O) groups is 1. The van der Waals surface area contributed by atoms with Crippen LogP contribution in [0, 0.1) is 23.2 Å². The van der Waals surface area contributed by atoms with Gasteiger partial charge in [-0.2, -0.15) is 0 Å². The normalized spacial score (nSPS) is 45.9. The summed E-state index contributed by atoms with van der Waals surface area (Å²) >= 11 is 0. The van der Waals surface area contributed by atoms with Gasteiger partial charge in [0.1, 0.15) is 0 Å². The van der Waals surface area contributed by atoms with Gasteiger partial charge in [0.15, 0.2) is 5.78 Å². The zero-order valence-corrected chi connectivity index (χ0v) is 13.2.